The van der Waals surface area contributed by atoms with Gasteiger partial charge in [-0.05, 0) is 25.6 Å². The molecule has 0 rings (SSSR count). The summed E-state index contributed by atoms with van der Waals surface area (Å²) in [6.07, 6.45) is 12.5. The molecule has 0 saturated heterocycles. The van der Waals surface area contributed by atoms with Gasteiger partial charge in [-0.3, -0.25) is 0 Å². The number of thiocarbonyl (C=S) groups is 1. The molecule has 0 aliphatic carbocycles. The van der Waals surface area contributed by atoms with Crippen molar-refractivity contribution in [3.8, 4) is 0 Å². The first-order valence-electron chi connectivity index (χ1n) is 7.53. The second-order valence-corrected chi connectivity index (χ2v) is 5.43. The van der Waals surface area contributed by atoms with E-state index in [1.165, 1.54) is 57.8 Å². The van der Waals surface area contributed by atoms with Crippen molar-refractivity contribution in [3.63, 3.8) is 0 Å². The molecule has 108 valence electrons. The summed E-state index contributed by atoms with van der Waals surface area (Å²) >= 11 is 4.88. The Morgan fingerprint density at radius 3 is 1.83 bits per heavy atom. The number of hydrogen-bond acceptors (Lipinski definition) is 3. The van der Waals surface area contributed by atoms with Gasteiger partial charge in [-0.15, -0.1) is 0 Å². The van der Waals surface area contributed by atoms with Crippen molar-refractivity contribution in [3.05, 3.63) is 0 Å². The molecule has 0 aliphatic heterocycles. The monoisotopic (exact) mass is 274 g/mol. The first-order chi connectivity index (χ1) is 8.68. The molecule has 2 nitrogen and oxygen atoms in total. The summed E-state index contributed by atoms with van der Waals surface area (Å²) in [4.78, 5) is 0. The van der Waals surface area contributed by atoms with Crippen LogP contribution in [0.25, 0.3) is 0 Å². The second kappa shape index (κ2) is 13.3. The Morgan fingerprint density at radius 1 is 0.944 bits per heavy atom. The first-order valence-corrected chi connectivity index (χ1v) is 7.94. The number of unbranched alkanes of at least 4 members (excludes halogenated alkanes) is 9. The van der Waals surface area contributed by atoms with E-state index in [1.54, 1.807) is 6.92 Å². The van der Waals surface area contributed by atoms with E-state index in [1.807, 2.05) is 0 Å². The molecule has 0 heterocycles. The van der Waals surface area contributed by atoms with Crippen LogP contribution in [-0.4, -0.2) is 22.9 Å². The summed E-state index contributed by atoms with van der Waals surface area (Å²) in [5.41, 5.74) is 0. The van der Waals surface area contributed by atoms with E-state index in [0.717, 1.165) is 6.42 Å². The largest absolute Gasteiger partial charge is 0.484 e. The molecule has 0 bridgehead atoms. The third-order valence-corrected chi connectivity index (χ3v) is 3.54. The van der Waals surface area contributed by atoms with Crippen LogP contribution in [0.5, 0.6) is 0 Å². The van der Waals surface area contributed by atoms with Gasteiger partial charge in [0, 0.05) is 0 Å². The highest BCUT2D eigenvalue weighted by atomic mass is 32.1. The number of ether oxygens (including phenoxy) is 1. The third kappa shape index (κ3) is 12.3. The molecule has 1 atom stereocenters. The smallest absolute Gasteiger partial charge is 0.188 e. The average Bonchev–Trinajstić information content (AvgIpc) is 2.35. The Hall–Kier alpha value is -0.150. The normalized spacial score (nSPS) is 12.4. The molecule has 1 unspecified atom stereocenters. The van der Waals surface area contributed by atoms with E-state index in [9.17, 15) is 0 Å². The van der Waals surface area contributed by atoms with Gasteiger partial charge in [0.05, 0.1) is 6.61 Å². The van der Waals surface area contributed by atoms with Gasteiger partial charge in [-0.1, -0.05) is 64.7 Å². The molecule has 0 spiro atoms. The van der Waals surface area contributed by atoms with Gasteiger partial charge in [0.15, 0.2) is 5.05 Å². The second-order valence-electron chi connectivity index (χ2n) is 5.03. The Kier molecular flexibility index (Phi) is 13.2. The van der Waals surface area contributed by atoms with Crippen LogP contribution in [0.2, 0.25) is 0 Å². The van der Waals surface area contributed by atoms with Crippen LogP contribution in [0.1, 0.15) is 78.1 Å². The SMILES string of the molecule is CCCCCCCCCCCCOC(=S)C(C)O. The maximum atomic E-state index is 9.12. The van der Waals surface area contributed by atoms with Gasteiger partial charge in [-0.25, -0.2) is 0 Å². The van der Waals surface area contributed by atoms with Gasteiger partial charge in [-0.2, -0.15) is 0 Å². The van der Waals surface area contributed by atoms with Crippen LogP contribution in [0.15, 0.2) is 0 Å². The fourth-order valence-corrected chi connectivity index (χ4v) is 1.97. The highest BCUT2D eigenvalue weighted by Crippen LogP contribution is 2.10. The standard InChI is InChI=1S/C15H30O2S/c1-3-4-5-6-7-8-9-10-11-12-13-17-15(18)14(2)16/h14,16H,3-13H2,1-2H3. The lowest BCUT2D eigenvalue weighted by Gasteiger charge is -2.09. The highest BCUT2D eigenvalue weighted by Gasteiger charge is 2.03. The predicted molar refractivity (Wildman–Crippen MR) is 82.1 cm³/mol. The fourth-order valence-electron chi connectivity index (χ4n) is 1.88. The lowest BCUT2D eigenvalue weighted by Crippen LogP contribution is -2.17. The fraction of sp³-hybridized carbons (Fsp3) is 0.933. The molecule has 0 fully saturated rings. The Balaban J connectivity index is 3.05. The van der Waals surface area contributed by atoms with E-state index in [-0.39, 0.29) is 0 Å². The minimum Gasteiger partial charge on any atom is -0.484 e. The molecule has 3 heteroatoms. The average molecular weight is 274 g/mol. The van der Waals surface area contributed by atoms with Gasteiger partial charge < -0.3 is 9.84 Å². The van der Waals surface area contributed by atoms with E-state index < -0.39 is 6.10 Å². The topological polar surface area (TPSA) is 29.5 Å². The van der Waals surface area contributed by atoms with Crippen molar-refractivity contribution < 1.29 is 9.84 Å². The van der Waals surface area contributed by atoms with Gasteiger partial charge >= 0.3 is 0 Å². The summed E-state index contributed by atoms with van der Waals surface area (Å²) < 4.78 is 5.26. The molecule has 0 aliphatic rings. The zero-order valence-corrected chi connectivity index (χ0v) is 12.9. The van der Waals surface area contributed by atoms with Crippen LogP contribution >= 0.6 is 12.2 Å². The Morgan fingerprint density at radius 2 is 1.39 bits per heavy atom. The van der Waals surface area contributed by atoms with Gasteiger partial charge in [0.2, 0.25) is 0 Å². The zero-order valence-electron chi connectivity index (χ0n) is 12.1. The number of rotatable bonds is 12. The lowest BCUT2D eigenvalue weighted by molar-refractivity contribution is 0.203. The molecule has 0 aromatic heterocycles. The van der Waals surface area contributed by atoms with Crippen LogP contribution < -0.4 is 0 Å². The maximum absolute atomic E-state index is 9.12. The Labute approximate surface area is 118 Å². The van der Waals surface area contributed by atoms with Crippen molar-refractivity contribution in [2.24, 2.45) is 0 Å². The van der Waals surface area contributed by atoms with E-state index in [4.69, 9.17) is 22.1 Å². The molecule has 0 aromatic carbocycles. The number of aliphatic hydroxyl groups excluding tert-OH is 1. The molecule has 0 saturated carbocycles. The zero-order chi connectivity index (χ0) is 13.6. The molecule has 18 heavy (non-hydrogen) atoms. The highest BCUT2D eigenvalue weighted by molar-refractivity contribution is 7.80. The summed E-state index contributed by atoms with van der Waals surface area (Å²) in [6, 6.07) is 0. The minimum atomic E-state index is -0.622. The lowest BCUT2D eigenvalue weighted by atomic mass is 10.1. The predicted octanol–water partition coefficient (Wildman–Crippen LogP) is 4.63. The molecule has 0 radical (unpaired) electrons. The van der Waals surface area contributed by atoms with Crippen molar-refractivity contribution in [1.82, 2.24) is 0 Å². The summed E-state index contributed by atoms with van der Waals surface area (Å²) in [6.45, 7) is 4.55. The van der Waals surface area contributed by atoms with Crippen molar-refractivity contribution in [1.29, 1.82) is 0 Å². The molecule has 0 amide bonds. The van der Waals surface area contributed by atoms with Crippen LogP contribution in [0, 0.1) is 0 Å². The van der Waals surface area contributed by atoms with Crippen LogP contribution in [0.3, 0.4) is 0 Å². The van der Waals surface area contributed by atoms with Crippen LogP contribution in [0.4, 0.5) is 0 Å². The van der Waals surface area contributed by atoms with E-state index in [2.05, 4.69) is 6.92 Å². The quantitative estimate of drug-likeness (QED) is 0.415. The summed E-state index contributed by atoms with van der Waals surface area (Å²) in [5.74, 6) is 0. The van der Waals surface area contributed by atoms with Crippen molar-refractivity contribution in [2.75, 3.05) is 6.61 Å². The molecule has 1 N–H and O–H groups in total. The summed E-state index contributed by atoms with van der Waals surface area (Å²) in [5, 5.41) is 9.44. The first kappa shape index (κ1) is 17.8. The number of aliphatic hydroxyl groups is 1. The molecular formula is C15H30O2S. The summed E-state index contributed by atoms with van der Waals surface area (Å²) in [7, 11) is 0. The maximum Gasteiger partial charge on any atom is 0.188 e. The van der Waals surface area contributed by atoms with Crippen molar-refractivity contribution in [2.45, 2.75) is 84.2 Å². The van der Waals surface area contributed by atoms with Crippen molar-refractivity contribution >= 4 is 17.3 Å². The van der Waals surface area contributed by atoms with Gasteiger partial charge in [0.25, 0.3) is 0 Å². The Bertz CT molecular complexity index is 193. The molecule has 0 aromatic rings. The number of hydrogen-bond donors (Lipinski definition) is 1. The van der Waals surface area contributed by atoms with Gasteiger partial charge in [0.1, 0.15) is 6.10 Å². The third-order valence-electron chi connectivity index (χ3n) is 3.08. The van der Waals surface area contributed by atoms with Crippen LogP contribution in [-0.2, 0) is 4.74 Å². The van der Waals surface area contributed by atoms with E-state index in [0.29, 0.717) is 11.7 Å². The minimum absolute atomic E-state index is 0.325. The van der Waals surface area contributed by atoms with E-state index >= 15 is 0 Å². The molecular weight excluding hydrogens is 244 g/mol.